The number of carboxylic acid groups (broad SMARTS) is 1. The number of furan rings is 1. The highest BCUT2D eigenvalue weighted by molar-refractivity contribution is 7.99. The summed E-state index contributed by atoms with van der Waals surface area (Å²) in [5.74, 6) is -0.238. The number of hydrogen-bond acceptors (Lipinski definition) is 3. The first-order chi connectivity index (χ1) is 6.59. The van der Waals surface area contributed by atoms with Crippen molar-refractivity contribution in [1.82, 2.24) is 0 Å². The molecular weight excluding hydrogens is 200 g/mol. The maximum absolute atomic E-state index is 10.5. The topological polar surface area (TPSA) is 50.4 Å². The zero-order chi connectivity index (χ0) is 10.6. The molecule has 14 heavy (non-hydrogen) atoms. The van der Waals surface area contributed by atoms with Crippen LogP contribution in [-0.2, 0) is 0 Å². The molecule has 4 heteroatoms. The van der Waals surface area contributed by atoms with E-state index < -0.39 is 5.97 Å². The maximum Gasteiger partial charge on any atom is 0.371 e. The van der Waals surface area contributed by atoms with Gasteiger partial charge in [0.15, 0.2) is 5.09 Å². The average molecular weight is 212 g/mol. The van der Waals surface area contributed by atoms with E-state index in [4.69, 9.17) is 9.52 Å². The van der Waals surface area contributed by atoms with Crippen LogP contribution >= 0.6 is 11.8 Å². The van der Waals surface area contributed by atoms with Crippen LogP contribution in [0.2, 0.25) is 0 Å². The highest BCUT2D eigenvalue weighted by atomic mass is 32.2. The number of carbonyl (C=O) groups is 1. The summed E-state index contributed by atoms with van der Waals surface area (Å²) in [6.45, 7) is 4.04. The first-order valence-corrected chi connectivity index (χ1v) is 5.17. The van der Waals surface area contributed by atoms with Gasteiger partial charge in [-0.2, -0.15) is 0 Å². The summed E-state index contributed by atoms with van der Waals surface area (Å²) >= 11 is 1.48. The van der Waals surface area contributed by atoms with Crippen LogP contribution in [-0.4, -0.2) is 16.8 Å². The molecule has 0 aliphatic carbocycles. The Morgan fingerprint density at radius 1 is 1.57 bits per heavy atom. The van der Waals surface area contributed by atoms with E-state index >= 15 is 0 Å². The monoisotopic (exact) mass is 212 g/mol. The van der Waals surface area contributed by atoms with Crippen LogP contribution in [0.1, 0.15) is 24.4 Å². The van der Waals surface area contributed by atoms with Crippen LogP contribution in [0.3, 0.4) is 0 Å². The van der Waals surface area contributed by atoms with Crippen molar-refractivity contribution >= 4 is 17.7 Å². The van der Waals surface area contributed by atoms with E-state index in [0.29, 0.717) is 5.09 Å². The van der Waals surface area contributed by atoms with Gasteiger partial charge >= 0.3 is 5.97 Å². The van der Waals surface area contributed by atoms with Crippen LogP contribution in [0.5, 0.6) is 0 Å². The molecule has 0 atom stereocenters. The summed E-state index contributed by atoms with van der Waals surface area (Å²) in [7, 11) is 0. The SMILES string of the molecule is CC(C)=CCSc1ccc(C(=O)O)o1. The molecule has 0 unspecified atom stereocenters. The molecule has 0 spiro atoms. The molecular formula is C10H12O3S. The molecule has 0 radical (unpaired) electrons. The predicted molar refractivity (Wildman–Crippen MR) is 55.8 cm³/mol. The molecule has 0 saturated carbocycles. The number of rotatable bonds is 4. The molecule has 1 N–H and O–H groups in total. The summed E-state index contributed by atoms with van der Waals surface area (Å²) in [5, 5.41) is 9.24. The predicted octanol–water partition coefficient (Wildman–Crippen LogP) is 3.04. The van der Waals surface area contributed by atoms with Crippen molar-refractivity contribution in [3.05, 3.63) is 29.5 Å². The fourth-order valence-electron chi connectivity index (χ4n) is 0.803. The zero-order valence-electron chi connectivity index (χ0n) is 8.11. The molecule has 76 valence electrons. The van der Waals surface area contributed by atoms with E-state index in [2.05, 4.69) is 6.08 Å². The van der Waals surface area contributed by atoms with Crippen molar-refractivity contribution in [2.45, 2.75) is 18.9 Å². The minimum Gasteiger partial charge on any atom is -0.475 e. The average Bonchev–Trinajstić information content (AvgIpc) is 2.52. The van der Waals surface area contributed by atoms with Gasteiger partial charge in [0.2, 0.25) is 5.76 Å². The Morgan fingerprint density at radius 2 is 2.29 bits per heavy atom. The lowest BCUT2D eigenvalue weighted by molar-refractivity contribution is 0.0656. The van der Waals surface area contributed by atoms with E-state index in [9.17, 15) is 4.79 Å². The number of hydrogen-bond donors (Lipinski definition) is 1. The quantitative estimate of drug-likeness (QED) is 0.615. The van der Waals surface area contributed by atoms with Crippen LogP contribution < -0.4 is 0 Å². The van der Waals surface area contributed by atoms with Gasteiger partial charge in [0, 0.05) is 5.75 Å². The Balaban J connectivity index is 2.52. The molecule has 1 rings (SSSR count). The van der Waals surface area contributed by atoms with Crippen molar-refractivity contribution in [3.8, 4) is 0 Å². The summed E-state index contributed by atoms with van der Waals surface area (Å²) in [6.07, 6.45) is 2.06. The number of thioether (sulfide) groups is 1. The largest absolute Gasteiger partial charge is 0.475 e. The maximum atomic E-state index is 10.5. The van der Waals surface area contributed by atoms with Crippen LogP contribution in [0.4, 0.5) is 0 Å². The highest BCUT2D eigenvalue weighted by Gasteiger charge is 2.08. The van der Waals surface area contributed by atoms with Gasteiger partial charge in [0.1, 0.15) is 0 Å². The van der Waals surface area contributed by atoms with E-state index in [1.807, 2.05) is 13.8 Å². The lowest BCUT2D eigenvalue weighted by Gasteiger charge is -1.92. The standard InChI is InChI=1S/C10H12O3S/c1-7(2)5-6-14-9-4-3-8(13-9)10(11)12/h3-5H,6H2,1-2H3,(H,11,12). The van der Waals surface area contributed by atoms with Crippen LogP contribution in [0.25, 0.3) is 0 Å². The lowest BCUT2D eigenvalue weighted by Crippen LogP contribution is -1.91. The Kier molecular flexibility index (Phi) is 3.83. The molecule has 1 aromatic rings. The van der Waals surface area contributed by atoms with Gasteiger partial charge < -0.3 is 9.52 Å². The molecule has 3 nitrogen and oxygen atoms in total. The van der Waals surface area contributed by atoms with Gasteiger partial charge in [-0.3, -0.25) is 0 Å². The number of aromatic carboxylic acids is 1. The van der Waals surface area contributed by atoms with Crippen molar-refractivity contribution < 1.29 is 14.3 Å². The molecule has 0 bridgehead atoms. The summed E-state index contributed by atoms with van der Waals surface area (Å²) < 4.78 is 5.06. The normalized spacial score (nSPS) is 9.86. The van der Waals surface area contributed by atoms with E-state index in [-0.39, 0.29) is 5.76 Å². The van der Waals surface area contributed by atoms with Gasteiger partial charge in [-0.25, -0.2) is 4.79 Å². The second-order valence-corrected chi connectivity index (χ2v) is 4.04. The Labute approximate surface area is 86.8 Å². The molecule has 0 aromatic carbocycles. The van der Waals surface area contributed by atoms with E-state index in [0.717, 1.165) is 5.75 Å². The van der Waals surface area contributed by atoms with E-state index in [1.54, 1.807) is 6.07 Å². The third-order valence-corrected chi connectivity index (χ3v) is 2.35. The fourth-order valence-corrected chi connectivity index (χ4v) is 1.70. The van der Waals surface area contributed by atoms with E-state index in [1.165, 1.54) is 23.4 Å². The fraction of sp³-hybridized carbons (Fsp3) is 0.300. The highest BCUT2D eigenvalue weighted by Crippen LogP contribution is 2.21. The van der Waals surface area contributed by atoms with Gasteiger partial charge in [0.25, 0.3) is 0 Å². The first kappa shape index (κ1) is 10.9. The number of allylic oxidation sites excluding steroid dienone is 1. The molecule has 0 amide bonds. The zero-order valence-corrected chi connectivity index (χ0v) is 8.93. The molecule has 0 aliphatic heterocycles. The van der Waals surface area contributed by atoms with Crippen molar-refractivity contribution in [2.75, 3.05) is 5.75 Å². The third kappa shape index (κ3) is 3.30. The Morgan fingerprint density at radius 3 is 2.79 bits per heavy atom. The number of carboxylic acids is 1. The van der Waals surface area contributed by atoms with Gasteiger partial charge in [0.05, 0.1) is 0 Å². The van der Waals surface area contributed by atoms with Crippen LogP contribution in [0.15, 0.2) is 33.3 Å². The van der Waals surface area contributed by atoms with Crippen LogP contribution in [0, 0.1) is 0 Å². The third-order valence-electron chi connectivity index (χ3n) is 1.51. The van der Waals surface area contributed by atoms with Crippen molar-refractivity contribution in [3.63, 3.8) is 0 Å². The van der Waals surface area contributed by atoms with Gasteiger partial charge in [-0.05, 0) is 26.0 Å². The first-order valence-electron chi connectivity index (χ1n) is 4.19. The molecule has 0 aliphatic rings. The minimum atomic E-state index is -1.03. The van der Waals surface area contributed by atoms with Gasteiger partial charge in [-0.15, -0.1) is 0 Å². The smallest absolute Gasteiger partial charge is 0.371 e. The summed E-state index contributed by atoms with van der Waals surface area (Å²) in [6, 6.07) is 3.14. The Hall–Kier alpha value is -1.16. The lowest BCUT2D eigenvalue weighted by atomic mass is 10.3. The van der Waals surface area contributed by atoms with Crippen molar-refractivity contribution in [1.29, 1.82) is 0 Å². The van der Waals surface area contributed by atoms with Crippen molar-refractivity contribution in [2.24, 2.45) is 0 Å². The molecule has 1 aromatic heterocycles. The molecule has 1 heterocycles. The Bertz CT molecular complexity index is 348. The summed E-state index contributed by atoms with van der Waals surface area (Å²) in [4.78, 5) is 10.5. The molecule has 0 fully saturated rings. The summed E-state index contributed by atoms with van der Waals surface area (Å²) in [5.41, 5.74) is 1.24. The molecule has 0 saturated heterocycles. The van der Waals surface area contributed by atoms with Gasteiger partial charge in [-0.1, -0.05) is 23.4 Å². The minimum absolute atomic E-state index is 0.00954. The second-order valence-electron chi connectivity index (χ2n) is 3.02. The second kappa shape index (κ2) is 4.91.